The van der Waals surface area contributed by atoms with Gasteiger partial charge in [0.05, 0.1) is 36.7 Å². The summed E-state index contributed by atoms with van der Waals surface area (Å²) in [7, 11) is 1.55. The molecule has 1 amide bonds. The fraction of sp³-hybridized carbons (Fsp3) is 0.231. The smallest absolute Gasteiger partial charge is 0.307 e. The van der Waals surface area contributed by atoms with E-state index in [9.17, 15) is 14.7 Å². The van der Waals surface area contributed by atoms with Crippen LogP contribution in [0, 0.1) is 0 Å². The highest BCUT2D eigenvalue weighted by molar-refractivity contribution is 5.98. The van der Waals surface area contributed by atoms with Crippen LogP contribution in [0.15, 0.2) is 54.7 Å². The van der Waals surface area contributed by atoms with Crippen LogP contribution in [0.2, 0.25) is 0 Å². The zero-order chi connectivity index (χ0) is 24.9. The number of aromatic nitrogens is 3. The zero-order valence-electron chi connectivity index (χ0n) is 19.7. The van der Waals surface area contributed by atoms with Gasteiger partial charge in [0, 0.05) is 23.4 Å². The Hall–Kier alpha value is -4.40. The van der Waals surface area contributed by atoms with Crippen LogP contribution in [0.1, 0.15) is 30.6 Å². The van der Waals surface area contributed by atoms with Crippen molar-refractivity contribution in [3.05, 3.63) is 60.3 Å². The minimum atomic E-state index is -0.379. The Balaban J connectivity index is 1.60. The first-order valence-electron chi connectivity index (χ1n) is 11.2. The summed E-state index contributed by atoms with van der Waals surface area (Å²) in [6.45, 7) is 3.78. The third-order valence-electron chi connectivity index (χ3n) is 5.43. The number of phenolic OH excluding ortho intramolecular Hbond substituents is 1. The predicted molar refractivity (Wildman–Crippen MR) is 131 cm³/mol. The van der Waals surface area contributed by atoms with E-state index in [2.05, 4.69) is 20.3 Å². The molecule has 0 bridgehead atoms. The number of fused-ring (bicyclic) bond motifs is 1. The Kier molecular flexibility index (Phi) is 6.96. The monoisotopic (exact) mass is 474 g/mol. The molecule has 0 aliphatic rings. The second-order valence-corrected chi connectivity index (χ2v) is 7.99. The molecule has 0 saturated carbocycles. The number of ether oxygens (including phenoxy) is 2. The van der Waals surface area contributed by atoms with Crippen molar-refractivity contribution in [2.45, 2.75) is 26.3 Å². The van der Waals surface area contributed by atoms with Crippen molar-refractivity contribution in [1.29, 1.82) is 0 Å². The summed E-state index contributed by atoms with van der Waals surface area (Å²) < 4.78 is 10.3. The van der Waals surface area contributed by atoms with Crippen molar-refractivity contribution in [1.82, 2.24) is 20.3 Å². The van der Waals surface area contributed by atoms with Gasteiger partial charge in [-0.15, -0.1) is 0 Å². The number of aromatic hydroxyl groups is 1. The maximum Gasteiger partial charge on any atom is 0.307 e. The molecule has 35 heavy (non-hydrogen) atoms. The molecule has 2 aromatic heterocycles. The summed E-state index contributed by atoms with van der Waals surface area (Å²) in [5.41, 5.74) is 3.76. The van der Waals surface area contributed by atoms with Crippen LogP contribution in [0.25, 0.3) is 33.5 Å². The SMILES string of the molecule is CCOC(=O)CC(C)NC(=O)c1ccc2[nH]c(-c3cc(-c4cccnc4OC)ccc3O)nc2c1. The van der Waals surface area contributed by atoms with E-state index in [0.717, 1.165) is 11.1 Å². The number of methoxy groups -OCH3 is 1. The van der Waals surface area contributed by atoms with Gasteiger partial charge in [-0.25, -0.2) is 9.97 Å². The lowest BCUT2D eigenvalue weighted by Gasteiger charge is -2.13. The van der Waals surface area contributed by atoms with E-state index < -0.39 is 0 Å². The maximum atomic E-state index is 12.7. The summed E-state index contributed by atoms with van der Waals surface area (Å²) in [5, 5.41) is 13.3. The summed E-state index contributed by atoms with van der Waals surface area (Å²) in [4.78, 5) is 36.3. The van der Waals surface area contributed by atoms with Crippen molar-refractivity contribution >= 4 is 22.9 Å². The molecule has 0 saturated heterocycles. The predicted octanol–water partition coefficient (Wildman–Crippen LogP) is 4.08. The number of imidazole rings is 1. The van der Waals surface area contributed by atoms with Crippen LogP contribution in [0.5, 0.6) is 11.6 Å². The average Bonchev–Trinajstić information content (AvgIpc) is 3.27. The van der Waals surface area contributed by atoms with Crippen molar-refractivity contribution in [2.24, 2.45) is 0 Å². The van der Waals surface area contributed by atoms with Gasteiger partial charge in [-0.3, -0.25) is 9.59 Å². The number of benzene rings is 2. The molecule has 2 aromatic carbocycles. The third-order valence-corrected chi connectivity index (χ3v) is 5.43. The van der Waals surface area contributed by atoms with Crippen LogP contribution < -0.4 is 10.1 Å². The van der Waals surface area contributed by atoms with E-state index in [1.54, 1.807) is 63.6 Å². The van der Waals surface area contributed by atoms with Crippen molar-refractivity contribution in [2.75, 3.05) is 13.7 Å². The Morgan fingerprint density at radius 2 is 1.97 bits per heavy atom. The van der Waals surface area contributed by atoms with Crippen molar-refractivity contribution in [3.63, 3.8) is 0 Å². The lowest BCUT2D eigenvalue weighted by molar-refractivity contribution is -0.143. The first kappa shape index (κ1) is 23.7. The van der Waals surface area contributed by atoms with Gasteiger partial charge >= 0.3 is 5.97 Å². The number of H-pyrrole nitrogens is 1. The lowest BCUT2D eigenvalue weighted by atomic mass is 10.0. The lowest BCUT2D eigenvalue weighted by Crippen LogP contribution is -2.34. The maximum absolute atomic E-state index is 12.7. The van der Waals surface area contributed by atoms with Gasteiger partial charge in [-0.05, 0) is 61.9 Å². The Morgan fingerprint density at radius 1 is 1.14 bits per heavy atom. The molecule has 0 radical (unpaired) electrons. The molecule has 1 atom stereocenters. The molecule has 0 fully saturated rings. The van der Waals surface area contributed by atoms with Gasteiger partial charge in [-0.1, -0.05) is 6.07 Å². The number of nitrogens with zero attached hydrogens (tertiary/aromatic N) is 2. The van der Waals surface area contributed by atoms with E-state index >= 15 is 0 Å². The molecule has 9 heteroatoms. The van der Waals surface area contributed by atoms with Gasteiger partial charge in [0.2, 0.25) is 5.88 Å². The average molecular weight is 475 g/mol. The number of pyridine rings is 1. The van der Waals surface area contributed by atoms with Crippen LogP contribution >= 0.6 is 0 Å². The minimum absolute atomic E-state index is 0.0569. The quantitative estimate of drug-likeness (QED) is 0.329. The highest BCUT2D eigenvalue weighted by Gasteiger charge is 2.17. The number of rotatable bonds is 8. The number of aromatic amines is 1. The van der Waals surface area contributed by atoms with Crippen LogP contribution in [0.3, 0.4) is 0 Å². The van der Waals surface area contributed by atoms with E-state index in [1.807, 2.05) is 12.1 Å². The van der Waals surface area contributed by atoms with Gasteiger partial charge < -0.3 is 24.9 Å². The number of carbonyl (C=O) groups excluding carboxylic acids is 2. The number of esters is 1. The van der Waals surface area contributed by atoms with Gasteiger partial charge in [-0.2, -0.15) is 0 Å². The zero-order valence-corrected chi connectivity index (χ0v) is 19.7. The molecule has 3 N–H and O–H groups in total. The second-order valence-electron chi connectivity index (χ2n) is 7.99. The van der Waals surface area contributed by atoms with Gasteiger partial charge in [0.1, 0.15) is 11.6 Å². The topological polar surface area (TPSA) is 126 Å². The second kappa shape index (κ2) is 10.3. The normalized spacial score (nSPS) is 11.7. The van der Waals surface area contributed by atoms with E-state index in [1.165, 1.54) is 0 Å². The number of nitrogens with one attached hydrogen (secondary N) is 2. The molecule has 9 nitrogen and oxygen atoms in total. The van der Waals surface area contributed by atoms with E-state index in [-0.39, 0.29) is 30.1 Å². The van der Waals surface area contributed by atoms with Crippen LogP contribution in [-0.2, 0) is 9.53 Å². The summed E-state index contributed by atoms with van der Waals surface area (Å²) in [5.74, 6) is 0.304. The molecule has 4 rings (SSSR count). The Labute approximate surface area is 202 Å². The van der Waals surface area contributed by atoms with Crippen LogP contribution in [0.4, 0.5) is 0 Å². The molecule has 0 spiro atoms. The summed E-state index contributed by atoms with van der Waals surface area (Å²) in [6, 6.07) is 13.6. The fourth-order valence-corrected chi connectivity index (χ4v) is 3.77. The van der Waals surface area contributed by atoms with Crippen molar-refractivity contribution in [3.8, 4) is 34.1 Å². The van der Waals surface area contributed by atoms with Crippen molar-refractivity contribution < 1.29 is 24.2 Å². The molecular formula is C26H26N4O5. The Bertz CT molecular complexity index is 1380. The standard InChI is InChI=1S/C26H26N4O5/c1-4-35-23(32)12-15(2)28-25(33)17-7-9-20-21(14-17)30-24(29-20)19-13-16(8-10-22(19)31)18-6-5-11-27-26(18)34-3/h5-11,13-15,31H,4,12H2,1-3H3,(H,28,33)(H,29,30). The molecule has 180 valence electrons. The Morgan fingerprint density at radius 3 is 2.74 bits per heavy atom. The number of hydrogen-bond acceptors (Lipinski definition) is 7. The first-order chi connectivity index (χ1) is 16.9. The van der Waals surface area contributed by atoms with Crippen LogP contribution in [-0.4, -0.2) is 51.7 Å². The fourth-order valence-electron chi connectivity index (χ4n) is 3.77. The molecular weight excluding hydrogens is 448 g/mol. The third kappa shape index (κ3) is 5.24. The first-order valence-corrected chi connectivity index (χ1v) is 11.2. The molecule has 0 aliphatic heterocycles. The highest BCUT2D eigenvalue weighted by Crippen LogP contribution is 2.35. The molecule has 4 aromatic rings. The van der Waals surface area contributed by atoms with E-state index in [0.29, 0.717) is 40.5 Å². The van der Waals surface area contributed by atoms with Gasteiger partial charge in [0.15, 0.2) is 0 Å². The largest absolute Gasteiger partial charge is 0.507 e. The minimum Gasteiger partial charge on any atom is -0.507 e. The summed E-state index contributed by atoms with van der Waals surface area (Å²) in [6.07, 6.45) is 1.74. The molecule has 2 heterocycles. The highest BCUT2D eigenvalue weighted by atomic mass is 16.5. The number of carbonyl (C=O) groups is 2. The molecule has 1 unspecified atom stereocenters. The summed E-state index contributed by atoms with van der Waals surface area (Å²) >= 11 is 0. The van der Waals surface area contributed by atoms with Gasteiger partial charge in [0.25, 0.3) is 5.91 Å². The number of phenols is 1. The van der Waals surface area contributed by atoms with E-state index in [4.69, 9.17) is 9.47 Å². The molecule has 0 aliphatic carbocycles. The number of amides is 1. The number of hydrogen-bond donors (Lipinski definition) is 3.